The Kier molecular flexibility index (Phi) is 4.58. The standard InChI is InChI=1S/C14H17BrFNO2/c1-9-7-11(13(16)8-12(9)15)14(18)17-5-3-10(19-2)4-6-17/h7-8,10H,3-6H2,1-2H3. The lowest BCUT2D eigenvalue weighted by molar-refractivity contribution is 0.0348. The van der Waals surface area contributed by atoms with Crippen molar-refractivity contribution in [2.45, 2.75) is 25.9 Å². The SMILES string of the molecule is COC1CCN(C(=O)c2cc(C)c(Br)cc2F)CC1. The predicted octanol–water partition coefficient (Wildman–Crippen LogP) is 3.15. The van der Waals surface area contributed by atoms with Crippen molar-refractivity contribution < 1.29 is 13.9 Å². The van der Waals surface area contributed by atoms with Crippen molar-refractivity contribution in [1.82, 2.24) is 4.90 Å². The second-order valence-electron chi connectivity index (χ2n) is 4.81. The van der Waals surface area contributed by atoms with Crippen LogP contribution >= 0.6 is 15.9 Å². The summed E-state index contributed by atoms with van der Waals surface area (Å²) in [5, 5.41) is 0. The van der Waals surface area contributed by atoms with E-state index in [1.165, 1.54) is 6.07 Å². The first-order valence-electron chi connectivity index (χ1n) is 6.30. The highest BCUT2D eigenvalue weighted by Crippen LogP contribution is 2.23. The number of benzene rings is 1. The van der Waals surface area contributed by atoms with Crippen molar-refractivity contribution in [3.8, 4) is 0 Å². The normalized spacial score (nSPS) is 16.7. The number of methoxy groups -OCH3 is 1. The lowest BCUT2D eigenvalue weighted by Gasteiger charge is -2.31. The van der Waals surface area contributed by atoms with Crippen LogP contribution in [0.5, 0.6) is 0 Å². The molecule has 0 atom stereocenters. The molecule has 1 aliphatic rings. The minimum atomic E-state index is -0.476. The molecule has 1 heterocycles. The Morgan fingerprint density at radius 2 is 2.05 bits per heavy atom. The van der Waals surface area contributed by atoms with Gasteiger partial charge in [-0.05, 0) is 37.5 Å². The van der Waals surface area contributed by atoms with Crippen LogP contribution in [-0.4, -0.2) is 37.1 Å². The summed E-state index contributed by atoms with van der Waals surface area (Å²) in [6, 6.07) is 2.95. The molecule has 5 heteroatoms. The van der Waals surface area contributed by atoms with Gasteiger partial charge < -0.3 is 9.64 Å². The van der Waals surface area contributed by atoms with Gasteiger partial charge in [0, 0.05) is 24.7 Å². The molecule has 0 saturated carbocycles. The van der Waals surface area contributed by atoms with Gasteiger partial charge in [0.05, 0.1) is 11.7 Å². The third-order valence-electron chi connectivity index (χ3n) is 3.54. The van der Waals surface area contributed by atoms with Crippen LogP contribution in [0.1, 0.15) is 28.8 Å². The highest BCUT2D eigenvalue weighted by molar-refractivity contribution is 9.10. The van der Waals surface area contributed by atoms with E-state index in [-0.39, 0.29) is 17.6 Å². The van der Waals surface area contributed by atoms with Gasteiger partial charge in [-0.15, -0.1) is 0 Å². The number of ether oxygens (including phenoxy) is 1. The largest absolute Gasteiger partial charge is 0.381 e. The molecular weight excluding hydrogens is 313 g/mol. The molecule has 1 aromatic carbocycles. The molecule has 2 rings (SSSR count). The van der Waals surface area contributed by atoms with Gasteiger partial charge >= 0.3 is 0 Å². The van der Waals surface area contributed by atoms with E-state index < -0.39 is 5.82 Å². The zero-order valence-corrected chi connectivity index (χ0v) is 12.7. The number of piperidine rings is 1. The number of carbonyl (C=O) groups excluding carboxylic acids is 1. The Bertz CT molecular complexity index is 485. The average molecular weight is 330 g/mol. The zero-order valence-electron chi connectivity index (χ0n) is 11.1. The lowest BCUT2D eigenvalue weighted by Crippen LogP contribution is -2.41. The first-order valence-corrected chi connectivity index (χ1v) is 7.10. The summed E-state index contributed by atoms with van der Waals surface area (Å²) in [4.78, 5) is 14.0. The van der Waals surface area contributed by atoms with Crippen molar-refractivity contribution in [2.24, 2.45) is 0 Å². The number of hydrogen-bond acceptors (Lipinski definition) is 2. The number of halogens is 2. The van der Waals surface area contributed by atoms with Crippen LogP contribution in [0.15, 0.2) is 16.6 Å². The number of likely N-dealkylation sites (tertiary alicyclic amines) is 1. The first kappa shape index (κ1) is 14.5. The fourth-order valence-electron chi connectivity index (χ4n) is 2.29. The topological polar surface area (TPSA) is 29.5 Å². The second kappa shape index (κ2) is 6.01. The molecule has 1 saturated heterocycles. The minimum absolute atomic E-state index is 0.150. The van der Waals surface area contributed by atoms with E-state index in [1.54, 1.807) is 18.1 Å². The molecule has 0 N–H and O–H groups in total. The van der Waals surface area contributed by atoms with E-state index >= 15 is 0 Å². The molecule has 1 amide bonds. The Morgan fingerprint density at radius 3 is 2.63 bits per heavy atom. The molecule has 104 valence electrons. The summed E-state index contributed by atoms with van der Waals surface area (Å²) >= 11 is 3.26. The maximum Gasteiger partial charge on any atom is 0.256 e. The fourth-order valence-corrected chi connectivity index (χ4v) is 2.60. The molecule has 1 aromatic rings. The Balaban J connectivity index is 2.14. The molecule has 1 aliphatic heterocycles. The van der Waals surface area contributed by atoms with Crippen LogP contribution in [0, 0.1) is 12.7 Å². The van der Waals surface area contributed by atoms with E-state index in [9.17, 15) is 9.18 Å². The second-order valence-corrected chi connectivity index (χ2v) is 5.66. The van der Waals surface area contributed by atoms with Crippen molar-refractivity contribution >= 4 is 21.8 Å². The molecule has 1 fully saturated rings. The number of hydrogen-bond donors (Lipinski definition) is 0. The van der Waals surface area contributed by atoms with E-state index in [0.29, 0.717) is 17.6 Å². The Morgan fingerprint density at radius 1 is 1.42 bits per heavy atom. The summed E-state index contributed by atoms with van der Waals surface area (Å²) in [6.07, 6.45) is 1.82. The average Bonchev–Trinajstić information content (AvgIpc) is 2.42. The van der Waals surface area contributed by atoms with Crippen LogP contribution in [-0.2, 0) is 4.74 Å². The summed E-state index contributed by atoms with van der Waals surface area (Å²) < 4.78 is 19.8. The predicted molar refractivity (Wildman–Crippen MR) is 74.8 cm³/mol. The van der Waals surface area contributed by atoms with Crippen LogP contribution in [0.4, 0.5) is 4.39 Å². The number of amides is 1. The van der Waals surface area contributed by atoms with E-state index in [4.69, 9.17) is 4.74 Å². The third-order valence-corrected chi connectivity index (χ3v) is 4.40. The Labute approximate surface area is 120 Å². The molecular formula is C14H17BrFNO2. The number of carbonyl (C=O) groups is 1. The number of rotatable bonds is 2. The van der Waals surface area contributed by atoms with Gasteiger partial charge in [0.1, 0.15) is 5.82 Å². The minimum Gasteiger partial charge on any atom is -0.381 e. The highest BCUT2D eigenvalue weighted by Gasteiger charge is 2.25. The van der Waals surface area contributed by atoms with Crippen LogP contribution in [0.25, 0.3) is 0 Å². The van der Waals surface area contributed by atoms with Gasteiger partial charge in [0.15, 0.2) is 0 Å². The molecule has 0 aromatic heterocycles. The third kappa shape index (κ3) is 3.15. The monoisotopic (exact) mass is 329 g/mol. The summed E-state index contributed by atoms with van der Waals surface area (Å²) in [5.41, 5.74) is 1.01. The molecule has 3 nitrogen and oxygen atoms in total. The molecule has 0 aliphatic carbocycles. The van der Waals surface area contributed by atoms with Gasteiger partial charge in [0.25, 0.3) is 5.91 Å². The fraction of sp³-hybridized carbons (Fsp3) is 0.500. The zero-order chi connectivity index (χ0) is 14.0. The first-order chi connectivity index (χ1) is 9.02. The van der Waals surface area contributed by atoms with Crippen molar-refractivity contribution in [3.05, 3.63) is 33.5 Å². The molecule has 0 unspecified atom stereocenters. The molecule has 0 radical (unpaired) electrons. The molecule has 0 bridgehead atoms. The lowest BCUT2D eigenvalue weighted by atomic mass is 10.0. The van der Waals surface area contributed by atoms with Gasteiger partial charge in [-0.25, -0.2) is 4.39 Å². The number of nitrogens with zero attached hydrogens (tertiary/aromatic N) is 1. The van der Waals surface area contributed by atoms with Gasteiger partial charge in [-0.1, -0.05) is 15.9 Å². The van der Waals surface area contributed by atoms with Gasteiger partial charge in [-0.3, -0.25) is 4.79 Å². The summed E-state index contributed by atoms with van der Waals surface area (Å²) in [7, 11) is 1.68. The maximum atomic E-state index is 13.9. The quantitative estimate of drug-likeness (QED) is 0.834. The van der Waals surface area contributed by atoms with Crippen LogP contribution in [0.3, 0.4) is 0 Å². The van der Waals surface area contributed by atoms with E-state index in [1.807, 2.05) is 6.92 Å². The van der Waals surface area contributed by atoms with E-state index in [0.717, 1.165) is 18.4 Å². The van der Waals surface area contributed by atoms with Crippen molar-refractivity contribution in [1.29, 1.82) is 0 Å². The Hall–Kier alpha value is -0.940. The smallest absolute Gasteiger partial charge is 0.256 e. The number of aryl methyl sites for hydroxylation is 1. The van der Waals surface area contributed by atoms with Crippen molar-refractivity contribution in [2.75, 3.05) is 20.2 Å². The van der Waals surface area contributed by atoms with Crippen LogP contribution in [0.2, 0.25) is 0 Å². The maximum absolute atomic E-state index is 13.9. The molecule has 0 spiro atoms. The summed E-state index contributed by atoms with van der Waals surface area (Å²) in [6.45, 7) is 3.08. The highest BCUT2D eigenvalue weighted by atomic mass is 79.9. The van der Waals surface area contributed by atoms with Crippen molar-refractivity contribution in [3.63, 3.8) is 0 Å². The molecule has 19 heavy (non-hydrogen) atoms. The van der Waals surface area contributed by atoms with Gasteiger partial charge in [0.2, 0.25) is 0 Å². The van der Waals surface area contributed by atoms with Gasteiger partial charge in [-0.2, -0.15) is 0 Å². The van der Waals surface area contributed by atoms with E-state index in [2.05, 4.69) is 15.9 Å². The summed E-state index contributed by atoms with van der Waals surface area (Å²) in [5.74, 6) is -0.709. The van der Waals surface area contributed by atoms with Crippen LogP contribution < -0.4 is 0 Å².